The van der Waals surface area contributed by atoms with Crippen molar-refractivity contribution in [3.8, 4) is 0 Å². The van der Waals surface area contributed by atoms with Crippen LogP contribution < -0.4 is 0 Å². The topological polar surface area (TPSA) is 15.8 Å². The van der Waals surface area contributed by atoms with E-state index < -0.39 is 0 Å². The van der Waals surface area contributed by atoms with Crippen LogP contribution in [0.1, 0.15) is 52.0 Å². The van der Waals surface area contributed by atoms with Crippen molar-refractivity contribution in [2.24, 2.45) is 11.8 Å². The number of H-pyrrole nitrogens is 1. The van der Waals surface area contributed by atoms with E-state index in [-0.39, 0.29) is 0 Å². The second-order valence-electron chi connectivity index (χ2n) is 7.62. The Kier molecular flexibility index (Phi) is 5.50. The van der Waals surface area contributed by atoms with Crippen molar-refractivity contribution in [1.29, 1.82) is 0 Å². The highest BCUT2D eigenvalue weighted by Crippen LogP contribution is 2.30. The number of aromatic nitrogens is 1. The van der Waals surface area contributed by atoms with Crippen LogP contribution in [0, 0.1) is 11.8 Å². The van der Waals surface area contributed by atoms with Gasteiger partial charge in [0.25, 0.3) is 0 Å². The van der Waals surface area contributed by atoms with Crippen LogP contribution in [0.4, 0.5) is 0 Å². The zero-order valence-corrected chi connectivity index (χ0v) is 15.8. The number of aromatic amines is 1. The molecule has 3 rings (SSSR count). The van der Waals surface area contributed by atoms with Gasteiger partial charge < -0.3 is 4.98 Å². The molecule has 1 atom stereocenters. The quantitative estimate of drug-likeness (QED) is 0.461. The van der Waals surface area contributed by atoms with Crippen molar-refractivity contribution in [2.45, 2.75) is 52.9 Å². The molecule has 0 fully saturated rings. The first-order valence-corrected chi connectivity index (χ1v) is 9.61. The predicted octanol–water partition coefficient (Wildman–Crippen LogP) is 7.37. The van der Waals surface area contributed by atoms with E-state index >= 15 is 0 Å². The Morgan fingerprint density at radius 1 is 0.958 bits per heavy atom. The first-order valence-electron chi connectivity index (χ1n) is 9.23. The van der Waals surface area contributed by atoms with Crippen molar-refractivity contribution in [1.82, 2.24) is 4.98 Å². The normalized spacial score (nSPS) is 13.2. The van der Waals surface area contributed by atoms with Gasteiger partial charge in [0.05, 0.1) is 0 Å². The van der Waals surface area contributed by atoms with Crippen LogP contribution in [0.2, 0.25) is 5.02 Å². The van der Waals surface area contributed by atoms with E-state index in [1.165, 1.54) is 53.1 Å². The molecule has 2 heteroatoms. The zero-order chi connectivity index (χ0) is 17.1. The Balaban J connectivity index is 1.74. The predicted molar refractivity (Wildman–Crippen MR) is 107 cm³/mol. The average Bonchev–Trinajstić information content (AvgIpc) is 2.91. The fraction of sp³-hybridized carbons (Fsp3) is 0.455. The van der Waals surface area contributed by atoms with Crippen LogP contribution in [-0.2, 0) is 6.42 Å². The van der Waals surface area contributed by atoms with Gasteiger partial charge in [0.15, 0.2) is 0 Å². The van der Waals surface area contributed by atoms with Crippen molar-refractivity contribution in [3.05, 3.63) is 47.0 Å². The minimum Gasteiger partial charge on any atom is -0.354 e. The highest BCUT2D eigenvalue weighted by molar-refractivity contribution is 6.31. The SMILES string of the molecule is CC(C)CCCC(C)CCc1cccc2c1[nH]c1ccc(Cl)cc12. The van der Waals surface area contributed by atoms with E-state index in [9.17, 15) is 0 Å². The molecule has 3 aromatic rings. The molecule has 1 nitrogen and oxygen atoms in total. The van der Waals surface area contributed by atoms with Crippen LogP contribution >= 0.6 is 11.6 Å². The van der Waals surface area contributed by atoms with E-state index in [4.69, 9.17) is 11.6 Å². The van der Waals surface area contributed by atoms with E-state index in [1.54, 1.807) is 0 Å². The molecule has 24 heavy (non-hydrogen) atoms. The van der Waals surface area contributed by atoms with Crippen molar-refractivity contribution in [3.63, 3.8) is 0 Å². The van der Waals surface area contributed by atoms with Gasteiger partial charge in [-0.1, -0.05) is 69.8 Å². The summed E-state index contributed by atoms with van der Waals surface area (Å²) in [7, 11) is 0. The van der Waals surface area contributed by atoms with Crippen LogP contribution in [-0.4, -0.2) is 4.98 Å². The van der Waals surface area contributed by atoms with Crippen LogP contribution in [0.3, 0.4) is 0 Å². The maximum absolute atomic E-state index is 6.18. The summed E-state index contributed by atoms with van der Waals surface area (Å²) >= 11 is 6.18. The molecule has 0 amide bonds. The molecule has 0 radical (unpaired) electrons. The Bertz CT molecular complexity index is 815. The standard InChI is InChI=1S/C22H28ClN/c1-15(2)6-4-7-16(3)10-11-17-8-5-9-19-20-14-18(23)12-13-21(20)24-22(17)19/h5,8-9,12-16,24H,4,6-7,10-11H2,1-3H3. The van der Waals surface area contributed by atoms with Crippen molar-refractivity contribution >= 4 is 33.4 Å². The van der Waals surface area contributed by atoms with E-state index in [1.807, 2.05) is 6.07 Å². The number of benzene rings is 2. The molecule has 1 heterocycles. The molecule has 1 aromatic heterocycles. The van der Waals surface area contributed by atoms with Crippen molar-refractivity contribution < 1.29 is 0 Å². The number of fused-ring (bicyclic) bond motifs is 3. The van der Waals surface area contributed by atoms with Gasteiger partial charge in [-0.2, -0.15) is 0 Å². The molecule has 0 aliphatic rings. The first kappa shape index (κ1) is 17.4. The summed E-state index contributed by atoms with van der Waals surface area (Å²) in [5, 5.41) is 3.31. The van der Waals surface area contributed by atoms with Gasteiger partial charge in [0.2, 0.25) is 0 Å². The summed E-state index contributed by atoms with van der Waals surface area (Å²) in [6, 6.07) is 12.7. The molecule has 0 aliphatic carbocycles. The molecular weight excluding hydrogens is 314 g/mol. The lowest BCUT2D eigenvalue weighted by molar-refractivity contribution is 0.437. The van der Waals surface area contributed by atoms with E-state index in [2.05, 4.69) is 56.1 Å². The highest BCUT2D eigenvalue weighted by atomic mass is 35.5. The smallest absolute Gasteiger partial charge is 0.0497 e. The minimum absolute atomic E-state index is 0.790. The summed E-state index contributed by atoms with van der Waals surface area (Å²) in [6.07, 6.45) is 6.45. The molecule has 1 N–H and O–H groups in total. The van der Waals surface area contributed by atoms with Gasteiger partial charge in [0, 0.05) is 26.8 Å². The summed E-state index contributed by atoms with van der Waals surface area (Å²) in [5.41, 5.74) is 3.88. The molecular formula is C22H28ClN. The molecule has 0 aliphatic heterocycles. The summed E-state index contributed by atoms with van der Waals surface area (Å²) in [5.74, 6) is 1.61. The van der Waals surface area contributed by atoms with Gasteiger partial charge in [0.1, 0.15) is 0 Å². The number of para-hydroxylation sites is 1. The second-order valence-corrected chi connectivity index (χ2v) is 8.06. The molecule has 0 saturated carbocycles. The summed E-state index contributed by atoms with van der Waals surface area (Å²) in [6.45, 7) is 7.02. The van der Waals surface area contributed by atoms with Crippen LogP contribution in [0.25, 0.3) is 21.8 Å². The minimum atomic E-state index is 0.790. The molecule has 0 bridgehead atoms. The fourth-order valence-electron chi connectivity index (χ4n) is 3.58. The van der Waals surface area contributed by atoms with Gasteiger partial charge >= 0.3 is 0 Å². The maximum atomic E-state index is 6.18. The third-order valence-corrected chi connectivity index (χ3v) is 5.30. The zero-order valence-electron chi connectivity index (χ0n) is 15.0. The van der Waals surface area contributed by atoms with E-state index in [0.717, 1.165) is 23.3 Å². The number of nitrogens with one attached hydrogen (secondary N) is 1. The number of hydrogen-bond acceptors (Lipinski definition) is 0. The molecule has 128 valence electrons. The third-order valence-electron chi connectivity index (χ3n) is 5.07. The second kappa shape index (κ2) is 7.61. The molecule has 1 unspecified atom stereocenters. The Labute approximate surface area is 150 Å². The monoisotopic (exact) mass is 341 g/mol. The lowest BCUT2D eigenvalue weighted by Gasteiger charge is -2.12. The Hall–Kier alpha value is -1.47. The Morgan fingerprint density at radius 2 is 1.79 bits per heavy atom. The van der Waals surface area contributed by atoms with Crippen LogP contribution in [0.15, 0.2) is 36.4 Å². The van der Waals surface area contributed by atoms with Crippen molar-refractivity contribution in [2.75, 3.05) is 0 Å². The lowest BCUT2D eigenvalue weighted by Crippen LogP contribution is -1.99. The van der Waals surface area contributed by atoms with Gasteiger partial charge in [-0.3, -0.25) is 0 Å². The average molecular weight is 342 g/mol. The largest absolute Gasteiger partial charge is 0.354 e. The Morgan fingerprint density at radius 3 is 2.58 bits per heavy atom. The molecule has 2 aromatic carbocycles. The maximum Gasteiger partial charge on any atom is 0.0497 e. The van der Waals surface area contributed by atoms with E-state index in [0.29, 0.717) is 0 Å². The number of hydrogen-bond donors (Lipinski definition) is 1. The summed E-state index contributed by atoms with van der Waals surface area (Å²) in [4.78, 5) is 3.60. The number of halogens is 1. The number of aryl methyl sites for hydroxylation is 1. The highest BCUT2D eigenvalue weighted by Gasteiger charge is 2.10. The lowest BCUT2D eigenvalue weighted by atomic mass is 9.94. The van der Waals surface area contributed by atoms with Gasteiger partial charge in [-0.15, -0.1) is 0 Å². The molecule has 0 spiro atoms. The fourth-order valence-corrected chi connectivity index (χ4v) is 3.76. The molecule has 0 saturated heterocycles. The van der Waals surface area contributed by atoms with Gasteiger partial charge in [-0.05, 0) is 48.4 Å². The first-order chi connectivity index (χ1) is 11.5. The van der Waals surface area contributed by atoms with Gasteiger partial charge in [-0.25, -0.2) is 0 Å². The van der Waals surface area contributed by atoms with Crippen LogP contribution in [0.5, 0.6) is 0 Å². The third kappa shape index (κ3) is 3.95. The summed E-state index contributed by atoms with van der Waals surface area (Å²) < 4.78 is 0. The number of rotatable bonds is 7.